The third-order valence-corrected chi connectivity index (χ3v) is 4.14. The number of esters is 1. The molecular weight excluding hydrogens is 330 g/mol. The first kappa shape index (κ1) is 17.7. The van der Waals surface area contributed by atoms with Crippen molar-refractivity contribution in [3.63, 3.8) is 0 Å². The van der Waals surface area contributed by atoms with Crippen LogP contribution in [0.1, 0.15) is 38.5 Å². The third kappa shape index (κ3) is 4.30. The maximum atomic E-state index is 12.1. The van der Waals surface area contributed by atoms with Crippen molar-refractivity contribution < 1.29 is 18.8 Å². The lowest BCUT2D eigenvalue weighted by Gasteiger charge is -2.08. The number of ether oxygens (including phenoxy) is 2. The van der Waals surface area contributed by atoms with Gasteiger partial charge in [-0.15, -0.1) is 0 Å². The van der Waals surface area contributed by atoms with Crippen molar-refractivity contribution >= 4 is 5.97 Å². The molecule has 3 aromatic rings. The molecule has 26 heavy (non-hydrogen) atoms. The van der Waals surface area contributed by atoms with Crippen molar-refractivity contribution in [2.45, 2.75) is 34.0 Å². The highest BCUT2D eigenvalue weighted by molar-refractivity contribution is 5.89. The topological polar surface area (TPSA) is 61.6 Å². The van der Waals surface area contributed by atoms with Crippen LogP contribution < -0.4 is 4.74 Å². The zero-order valence-corrected chi connectivity index (χ0v) is 15.1. The van der Waals surface area contributed by atoms with E-state index in [0.29, 0.717) is 17.9 Å². The van der Waals surface area contributed by atoms with Crippen LogP contribution in [0.5, 0.6) is 5.75 Å². The highest BCUT2D eigenvalue weighted by atomic mass is 16.5. The number of nitrogens with zero attached hydrogens (tertiary/aromatic N) is 1. The second kappa shape index (κ2) is 7.87. The molecule has 0 aliphatic heterocycles. The summed E-state index contributed by atoms with van der Waals surface area (Å²) in [7, 11) is 0. The van der Waals surface area contributed by atoms with Crippen molar-refractivity contribution in [2.24, 2.45) is 0 Å². The fourth-order valence-corrected chi connectivity index (χ4v) is 2.47. The Hall–Kier alpha value is -3.08. The number of hydrogen-bond acceptors (Lipinski definition) is 5. The van der Waals surface area contributed by atoms with E-state index in [9.17, 15) is 4.79 Å². The van der Waals surface area contributed by atoms with Gasteiger partial charge in [0.25, 0.3) is 0 Å². The van der Waals surface area contributed by atoms with Crippen LogP contribution in [0.25, 0.3) is 0 Å². The molecule has 0 aliphatic carbocycles. The summed E-state index contributed by atoms with van der Waals surface area (Å²) in [4.78, 5) is 12.1. The van der Waals surface area contributed by atoms with Crippen LogP contribution in [-0.4, -0.2) is 11.1 Å². The molecule has 0 radical (unpaired) electrons. The Kier molecular flexibility index (Phi) is 5.37. The lowest BCUT2D eigenvalue weighted by atomic mass is 10.2. The lowest BCUT2D eigenvalue weighted by Crippen LogP contribution is -2.05. The van der Waals surface area contributed by atoms with Gasteiger partial charge in [-0.05, 0) is 50.6 Å². The predicted molar refractivity (Wildman–Crippen MR) is 97.0 cm³/mol. The zero-order chi connectivity index (χ0) is 18.5. The van der Waals surface area contributed by atoms with E-state index in [1.165, 1.54) is 5.56 Å². The summed E-state index contributed by atoms with van der Waals surface area (Å²) in [6.07, 6.45) is 0. The first-order valence-corrected chi connectivity index (χ1v) is 8.40. The Bertz CT molecular complexity index is 860. The zero-order valence-electron chi connectivity index (χ0n) is 15.1. The Balaban J connectivity index is 1.55. The quantitative estimate of drug-likeness (QED) is 0.610. The van der Waals surface area contributed by atoms with Gasteiger partial charge in [0.1, 0.15) is 24.7 Å². The molecule has 0 N–H and O–H groups in total. The van der Waals surface area contributed by atoms with Gasteiger partial charge in [0.05, 0.1) is 16.8 Å². The first-order chi connectivity index (χ1) is 12.5. The second-order valence-corrected chi connectivity index (χ2v) is 6.18. The Morgan fingerprint density at radius 3 is 2.27 bits per heavy atom. The summed E-state index contributed by atoms with van der Waals surface area (Å²) in [5.41, 5.74) is 4.38. The molecule has 2 aromatic carbocycles. The number of aromatic nitrogens is 1. The van der Waals surface area contributed by atoms with E-state index in [1.807, 2.05) is 45.0 Å². The monoisotopic (exact) mass is 351 g/mol. The van der Waals surface area contributed by atoms with Gasteiger partial charge in [-0.2, -0.15) is 0 Å². The van der Waals surface area contributed by atoms with E-state index in [0.717, 1.165) is 22.6 Å². The fourth-order valence-electron chi connectivity index (χ4n) is 2.47. The number of carbonyl (C=O) groups is 1. The number of rotatable bonds is 6. The molecule has 134 valence electrons. The molecule has 0 spiro atoms. The van der Waals surface area contributed by atoms with Gasteiger partial charge in [0, 0.05) is 0 Å². The molecule has 1 heterocycles. The maximum Gasteiger partial charge on any atom is 0.338 e. The molecule has 0 saturated carbocycles. The molecule has 0 atom stereocenters. The molecule has 1 aromatic heterocycles. The van der Waals surface area contributed by atoms with E-state index < -0.39 is 0 Å². The van der Waals surface area contributed by atoms with Crippen molar-refractivity contribution in [2.75, 3.05) is 0 Å². The van der Waals surface area contributed by atoms with Gasteiger partial charge in [-0.1, -0.05) is 35.0 Å². The maximum absolute atomic E-state index is 12.1. The van der Waals surface area contributed by atoms with Gasteiger partial charge in [0.2, 0.25) is 0 Å². The summed E-state index contributed by atoms with van der Waals surface area (Å²) in [6, 6.07) is 14.8. The molecule has 0 fully saturated rings. The van der Waals surface area contributed by atoms with Crippen LogP contribution in [0.3, 0.4) is 0 Å². The molecule has 5 nitrogen and oxygen atoms in total. The van der Waals surface area contributed by atoms with Gasteiger partial charge < -0.3 is 14.0 Å². The smallest absolute Gasteiger partial charge is 0.338 e. The lowest BCUT2D eigenvalue weighted by molar-refractivity contribution is 0.0472. The summed E-state index contributed by atoms with van der Waals surface area (Å²) in [6.45, 7) is 6.38. The molecule has 0 amide bonds. The van der Waals surface area contributed by atoms with Crippen molar-refractivity contribution in [3.05, 3.63) is 82.2 Å². The molecule has 0 aliphatic rings. The first-order valence-electron chi connectivity index (χ1n) is 8.40. The summed E-state index contributed by atoms with van der Waals surface area (Å²) < 4.78 is 16.2. The highest BCUT2D eigenvalue weighted by Crippen LogP contribution is 2.18. The highest BCUT2D eigenvalue weighted by Gasteiger charge is 2.11. The van der Waals surface area contributed by atoms with Crippen LogP contribution in [0, 0.1) is 20.8 Å². The Labute approximate surface area is 152 Å². The van der Waals surface area contributed by atoms with Gasteiger partial charge in [-0.25, -0.2) is 4.79 Å². The van der Waals surface area contributed by atoms with Crippen LogP contribution in [0.4, 0.5) is 0 Å². The fraction of sp³-hybridized carbons (Fsp3) is 0.238. The second-order valence-electron chi connectivity index (χ2n) is 6.18. The minimum atomic E-state index is -0.358. The van der Waals surface area contributed by atoms with E-state index in [1.54, 1.807) is 24.3 Å². The minimum absolute atomic E-state index is 0.253. The van der Waals surface area contributed by atoms with Crippen LogP contribution in [0.15, 0.2) is 53.1 Å². The van der Waals surface area contributed by atoms with Gasteiger partial charge in [-0.3, -0.25) is 0 Å². The summed E-state index contributed by atoms with van der Waals surface area (Å²) >= 11 is 0. The number of carbonyl (C=O) groups excluding carboxylic acids is 1. The molecule has 0 unspecified atom stereocenters. The molecular formula is C21H21NO4. The van der Waals surface area contributed by atoms with Gasteiger partial charge >= 0.3 is 5.97 Å². The molecule has 0 bridgehead atoms. The largest absolute Gasteiger partial charge is 0.489 e. The van der Waals surface area contributed by atoms with Crippen LogP contribution in [-0.2, 0) is 18.0 Å². The standard InChI is InChI=1S/C21H21NO4/c1-14-4-6-17(7-5-14)12-25-21(23)18-8-10-19(11-9-18)24-13-20-15(2)22-26-16(20)3/h4-11H,12-13H2,1-3H3. The van der Waals surface area contributed by atoms with Crippen LogP contribution >= 0.6 is 0 Å². The van der Waals surface area contributed by atoms with E-state index in [4.69, 9.17) is 14.0 Å². The van der Waals surface area contributed by atoms with Gasteiger partial charge in [0.15, 0.2) is 0 Å². The van der Waals surface area contributed by atoms with Crippen molar-refractivity contribution in [1.82, 2.24) is 5.16 Å². The molecule has 3 rings (SSSR count). The average molecular weight is 351 g/mol. The third-order valence-electron chi connectivity index (χ3n) is 4.14. The average Bonchev–Trinajstić information content (AvgIpc) is 2.97. The van der Waals surface area contributed by atoms with E-state index in [2.05, 4.69) is 5.16 Å². The molecule has 5 heteroatoms. The molecule has 0 saturated heterocycles. The van der Waals surface area contributed by atoms with E-state index >= 15 is 0 Å². The summed E-state index contributed by atoms with van der Waals surface area (Å²) in [5.74, 6) is 1.06. The normalized spacial score (nSPS) is 10.6. The summed E-state index contributed by atoms with van der Waals surface area (Å²) in [5, 5.41) is 3.90. The Morgan fingerprint density at radius 2 is 1.65 bits per heavy atom. The van der Waals surface area contributed by atoms with Crippen molar-refractivity contribution in [3.8, 4) is 5.75 Å². The number of benzene rings is 2. The van der Waals surface area contributed by atoms with E-state index in [-0.39, 0.29) is 12.6 Å². The predicted octanol–water partition coefficient (Wildman–Crippen LogP) is 4.54. The Morgan fingerprint density at radius 1 is 0.962 bits per heavy atom. The minimum Gasteiger partial charge on any atom is -0.489 e. The SMILES string of the molecule is Cc1ccc(COC(=O)c2ccc(OCc3c(C)noc3C)cc2)cc1. The van der Waals surface area contributed by atoms with Crippen LogP contribution in [0.2, 0.25) is 0 Å². The number of hydrogen-bond donors (Lipinski definition) is 0. The number of aryl methyl sites for hydroxylation is 3. The van der Waals surface area contributed by atoms with Crippen molar-refractivity contribution in [1.29, 1.82) is 0 Å².